The summed E-state index contributed by atoms with van der Waals surface area (Å²) in [7, 11) is 1.63. The van der Waals surface area contributed by atoms with Crippen LogP contribution in [-0.4, -0.2) is 32.7 Å². The van der Waals surface area contributed by atoms with Gasteiger partial charge in [-0.1, -0.05) is 42.5 Å². The molecule has 2 aromatic carbocycles. The molecule has 0 fully saturated rings. The summed E-state index contributed by atoms with van der Waals surface area (Å²) in [5, 5.41) is 10.1. The molecule has 2 N–H and O–H groups in total. The van der Waals surface area contributed by atoms with Crippen LogP contribution in [0.25, 0.3) is 22.6 Å². The highest BCUT2D eigenvalue weighted by Crippen LogP contribution is 2.31. The number of imidazole rings is 1. The van der Waals surface area contributed by atoms with E-state index in [1.54, 1.807) is 7.05 Å². The molecule has 2 aromatic heterocycles. The summed E-state index contributed by atoms with van der Waals surface area (Å²) in [6.45, 7) is 2.57. The minimum Gasteiger partial charge on any atom is -0.355 e. The number of rotatable bonds is 5. The van der Waals surface area contributed by atoms with Crippen LogP contribution in [0.15, 0.2) is 67.0 Å². The van der Waals surface area contributed by atoms with Gasteiger partial charge in [-0.15, -0.1) is 0 Å². The number of amides is 1. The van der Waals surface area contributed by atoms with Crippen molar-refractivity contribution >= 4 is 5.91 Å². The first-order valence-corrected chi connectivity index (χ1v) is 9.09. The van der Waals surface area contributed by atoms with Crippen molar-refractivity contribution in [2.24, 2.45) is 0 Å². The van der Waals surface area contributed by atoms with Gasteiger partial charge in [-0.05, 0) is 30.7 Å². The number of hydrogen-bond acceptors (Lipinski definition) is 3. The molecule has 0 aliphatic carbocycles. The second-order valence-electron chi connectivity index (χ2n) is 6.65. The molecule has 0 spiro atoms. The maximum atomic E-state index is 12.0. The summed E-state index contributed by atoms with van der Waals surface area (Å²) < 4.78 is 2.07. The van der Waals surface area contributed by atoms with Gasteiger partial charge in [0.05, 0.1) is 17.7 Å². The Balaban J connectivity index is 1.78. The molecule has 6 nitrogen and oxygen atoms in total. The Kier molecular flexibility index (Phi) is 4.76. The van der Waals surface area contributed by atoms with Gasteiger partial charge in [-0.3, -0.25) is 9.89 Å². The molecule has 2 heterocycles. The molecule has 6 heteroatoms. The van der Waals surface area contributed by atoms with Crippen LogP contribution in [-0.2, 0) is 6.54 Å². The van der Waals surface area contributed by atoms with E-state index in [4.69, 9.17) is 0 Å². The molecule has 0 unspecified atom stereocenters. The van der Waals surface area contributed by atoms with E-state index in [1.165, 1.54) is 0 Å². The van der Waals surface area contributed by atoms with Gasteiger partial charge in [0, 0.05) is 30.4 Å². The molecule has 4 rings (SSSR count). The maximum absolute atomic E-state index is 12.0. The number of hydrogen-bond donors (Lipinski definition) is 2. The fourth-order valence-corrected chi connectivity index (χ4v) is 3.27. The summed E-state index contributed by atoms with van der Waals surface area (Å²) in [6, 6.07) is 19.7. The minimum atomic E-state index is -0.0967. The Labute approximate surface area is 163 Å². The highest BCUT2D eigenvalue weighted by atomic mass is 16.1. The quantitative estimate of drug-likeness (QED) is 0.562. The molecular formula is C22H21N5O. The van der Waals surface area contributed by atoms with E-state index in [0.29, 0.717) is 12.1 Å². The smallest absolute Gasteiger partial charge is 0.251 e. The summed E-state index contributed by atoms with van der Waals surface area (Å²) in [4.78, 5) is 16.6. The highest BCUT2D eigenvalue weighted by Gasteiger charge is 2.17. The number of carbonyl (C=O) groups is 1. The maximum Gasteiger partial charge on any atom is 0.251 e. The lowest BCUT2D eigenvalue weighted by molar-refractivity contribution is 0.0963. The molecule has 4 aromatic rings. The third kappa shape index (κ3) is 3.44. The van der Waals surface area contributed by atoms with Crippen LogP contribution in [0.5, 0.6) is 0 Å². The first kappa shape index (κ1) is 17.7. The van der Waals surface area contributed by atoms with Gasteiger partial charge in [0.1, 0.15) is 5.69 Å². The van der Waals surface area contributed by atoms with Crippen molar-refractivity contribution in [3.63, 3.8) is 0 Å². The Morgan fingerprint density at radius 2 is 1.93 bits per heavy atom. The number of benzene rings is 2. The van der Waals surface area contributed by atoms with E-state index >= 15 is 0 Å². The van der Waals surface area contributed by atoms with Crippen LogP contribution in [0.4, 0.5) is 0 Å². The molecule has 0 saturated carbocycles. The van der Waals surface area contributed by atoms with Crippen molar-refractivity contribution in [2.45, 2.75) is 13.5 Å². The first-order chi connectivity index (χ1) is 13.7. The first-order valence-electron chi connectivity index (χ1n) is 9.09. The van der Waals surface area contributed by atoms with Crippen LogP contribution in [0, 0.1) is 6.92 Å². The monoisotopic (exact) mass is 371 g/mol. The molecule has 1 amide bonds. The second kappa shape index (κ2) is 7.52. The molecule has 0 atom stereocenters. The van der Waals surface area contributed by atoms with E-state index < -0.39 is 0 Å². The van der Waals surface area contributed by atoms with Crippen LogP contribution in [0.2, 0.25) is 0 Å². The summed E-state index contributed by atoms with van der Waals surface area (Å²) in [5.41, 5.74) is 6.36. The SMILES string of the molecule is CNC(=O)c1cccc(Cn2cnc(-c3ccccc3)c2-c2cc(C)[nH]n2)c1. The van der Waals surface area contributed by atoms with Crippen LogP contribution < -0.4 is 5.32 Å². The normalized spacial score (nSPS) is 10.8. The number of aromatic nitrogens is 4. The second-order valence-corrected chi connectivity index (χ2v) is 6.65. The Hall–Kier alpha value is -3.67. The van der Waals surface area contributed by atoms with Crippen molar-refractivity contribution in [3.8, 4) is 22.6 Å². The lowest BCUT2D eigenvalue weighted by atomic mass is 10.1. The van der Waals surface area contributed by atoms with E-state index in [2.05, 4.69) is 25.1 Å². The number of nitrogens with zero attached hydrogens (tertiary/aromatic N) is 3. The lowest BCUT2D eigenvalue weighted by Gasteiger charge is -2.10. The molecule has 0 bridgehead atoms. The number of carbonyl (C=O) groups excluding carboxylic acids is 1. The Morgan fingerprint density at radius 3 is 2.64 bits per heavy atom. The van der Waals surface area contributed by atoms with E-state index in [1.807, 2.05) is 73.9 Å². The lowest BCUT2D eigenvalue weighted by Crippen LogP contribution is -2.18. The summed E-state index contributed by atoms with van der Waals surface area (Å²) >= 11 is 0. The van der Waals surface area contributed by atoms with Gasteiger partial charge >= 0.3 is 0 Å². The molecule has 0 saturated heterocycles. The molecule has 0 radical (unpaired) electrons. The largest absolute Gasteiger partial charge is 0.355 e. The topological polar surface area (TPSA) is 75.6 Å². The zero-order valence-corrected chi connectivity index (χ0v) is 15.8. The van der Waals surface area contributed by atoms with Crippen LogP contribution in [0.1, 0.15) is 21.6 Å². The average Bonchev–Trinajstić information content (AvgIpc) is 3.34. The zero-order chi connectivity index (χ0) is 19.5. The fraction of sp³-hybridized carbons (Fsp3) is 0.136. The van der Waals surface area contributed by atoms with Crippen molar-refractivity contribution in [3.05, 3.63) is 83.8 Å². The van der Waals surface area contributed by atoms with E-state index in [0.717, 1.165) is 33.9 Å². The van der Waals surface area contributed by atoms with Gasteiger partial charge in [0.15, 0.2) is 0 Å². The fourth-order valence-electron chi connectivity index (χ4n) is 3.27. The predicted molar refractivity (Wildman–Crippen MR) is 109 cm³/mol. The Bertz CT molecular complexity index is 1110. The number of aryl methyl sites for hydroxylation is 1. The van der Waals surface area contributed by atoms with Crippen LogP contribution >= 0.6 is 0 Å². The standard InChI is InChI=1S/C22H21N5O/c1-15-11-19(26-25-15)21-20(17-8-4-3-5-9-17)24-14-27(21)13-16-7-6-10-18(12-16)22(28)23-2/h3-12,14H,13H2,1-2H3,(H,23,28)(H,25,26). The molecular weight excluding hydrogens is 350 g/mol. The molecule has 140 valence electrons. The van der Waals surface area contributed by atoms with E-state index in [-0.39, 0.29) is 5.91 Å². The number of aromatic amines is 1. The van der Waals surface area contributed by atoms with Gasteiger partial charge in [0.2, 0.25) is 0 Å². The van der Waals surface area contributed by atoms with E-state index in [9.17, 15) is 4.79 Å². The average molecular weight is 371 g/mol. The van der Waals surface area contributed by atoms with Gasteiger partial charge in [-0.25, -0.2) is 4.98 Å². The van der Waals surface area contributed by atoms with Crippen molar-refractivity contribution < 1.29 is 4.79 Å². The third-order valence-electron chi connectivity index (χ3n) is 4.60. The summed E-state index contributed by atoms with van der Waals surface area (Å²) in [6.07, 6.45) is 1.83. The van der Waals surface area contributed by atoms with Gasteiger partial charge in [0.25, 0.3) is 5.91 Å². The number of H-pyrrole nitrogens is 1. The Morgan fingerprint density at radius 1 is 1.11 bits per heavy atom. The minimum absolute atomic E-state index is 0.0967. The zero-order valence-electron chi connectivity index (χ0n) is 15.8. The van der Waals surface area contributed by atoms with Gasteiger partial charge < -0.3 is 9.88 Å². The predicted octanol–water partition coefficient (Wildman–Crippen LogP) is 3.66. The molecule has 28 heavy (non-hydrogen) atoms. The summed E-state index contributed by atoms with van der Waals surface area (Å²) in [5.74, 6) is -0.0967. The van der Waals surface area contributed by atoms with Crippen molar-refractivity contribution in [1.29, 1.82) is 0 Å². The highest BCUT2D eigenvalue weighted by molar-refractivity contribution is 5.94. The van der Waals surface area contributed by atoms with Crippen LogP contribution in [0.3, 0.4) is 0 Å². The van der Waals surface area contributed by atoms with Crippen molar-refractivity contribution in [1.82, 2.24) is 25.1 Å². The van der Waals surface area contributed by atoms with Gasteiger partial charge in [-0.2, -0.15) is 5.10 Å². The number of nitrogens with one attached hydrogen (secondary N) is 2. The molecule has 0 aliphatic rings. The third-order valence-corrected chi connectivity index (χ3v) is 4.60. The molecule has 0 aliphatic heterocycles. The van der Waals surface area contributed by atoms with Crippen molar-refractivity contribution in [2.75, 3.05) is 7.05 Å².